The molecule has 10 heterocycles. The van der Waals surface area contributed by atoms with Gasteiger partial charge in [-0.15, -0.1) is 0 Å². The molecule has 9 aliphatic rings. The maximum atomic E-state index is 12.2. The lowest BCUT2D eigenvalue weighted by Gasteiger charge is -2.62. The fraction of sp³-hybridized carbons (Fsp3) is 0.712. The molecular formula is C66H103IN12O8. The molecule has 87 heavy (non-hydrogen) atoms. The Balaban J connectivity index is 0.000000166. The second kappa shape index (κ2) is 28.0. The van der Waals surface area contributed by atoms with Gasteiger partial charge in [0, 0.05) is 94.1 Å². The molecule has 2 saturated heterocycles. The molecule has 0 aromatic carbocycles. The highest BCUT2D eigenvalue weighted by Crippen LogP contribution is 2.57. The zero-order valence-electron chi connectivity index (χ0n) is 56.0. The van der Waals surface area contributed by atoms with Gasteiger partial charge < -0.3 is 38.7 Å². The summed E-state index contributed by atoms with van der Waals surface area (Å²) in [5.74, 6) is 3.96. The van der Waals surface area contributed by atoms with Crippen LogP contribution in [0.25, 0.3) is 0 Å². The first kappa shape index (κ1) is 70.3. The van der Waals surface area contributed by atoms with Crippen LogP contribution in [0.4, 0.5) is 0 Å². The number of fused-ring (bicyclic) bond motifs is 6. The van der Waals surface area contributed by atoms with E-state index in [0.717, 1.165) is 71.8 Å². The minimum absolute atomic E-state index is 0.144. The number of carbonyl (C=O) groups excluding carboxylic acids is 6. The zero-order valence-corrected chi connectivity index (χ0v) is 58.1. The molecule has 2 atom stereocenters. The van der Waals surface area contributed by atoms with Gasteiger partial charge in [-0.05, 0) is 68.3 Å². The average molecular weight is 1320 g/mol. The Kier molecular flexibility index (Phi) is 22.6. The third kappa shape index (κ3) is 18.2. The van der Waals surface area contributed by atoms with Crippen molar-refractivity contribution in [1.82, 2.24) is 59.5 Å². The number of aromatic nitrogens is 6. The molecule has 3 aliphatic carbocycles. The number of hydrogen-bond acceptors (Lipinski definition) is 13. The number of oxazole rings is 2. The molecule has 21 heteroatoms. The Morgan fingerprint density at radius 1 is 0.529 bits per heavy atom. The molecule has 3 saturated carbocycles. The maximum Gasteiger partial charge on any atom is 0.228 e. The number of nitrogens with one attached hydrogen (secondary N) is 1. The smallest absolute Gasteiger partial charge is 0.228 e. The van der Waals surface area contributed by atoms with E-state index < -0.39 is 0 Å². The van der Waals surface area contributed by atoms with Crippen LogP contribution in [0.2, 0.25) is 0 Å². The van der Waals surface area contributed by atoms with Crippen molar-refractivity contribution in [2.24, 2.45) is 38.4 Å². The molecule has 1 N–H and O–H groups in total. The first-order valence-corrected chi connectivity index (χ1v) is 33.3. The summed E-state index contributed by atoms with van der Waals surface area (Å²) >= 11 is 2.15. The van der Waals surface area contributed by atoms with Gasteiger partial charge in [0.2, 0.25) is 35.4 Å². The number of rotatable bonds is 1. The number of hydrogen-bond donors (Lipinski definition) is 1. The molecule has 482 valence electrons. The quantitative estimate of drug-likeness (QED) is 0.138. The van der Waals surface area contributed by atoms with Crippen molar-refractivity contribution in [3.63, 3.8) is 0 Å². The number of amides is 6. The first-order valence-electron chi connectivity index (χ1n) is 31.2. The lowest BCUT2D eigenvalue weighted by molar-refractivity contribution is -0.144. The van der Waals surface area contributed by atoms with E-state index in [2.05, 4.69) is 57.8 Å². The van der Waals surface area contributed by atoms with Gasteiger partial charge in [-0.3, -0.25) is 33.4 Å². The van der Waals surface area contributed by atoms with Crippen molar-refractivity contribution in [2.45, 2.75) is 246 Å². The van der Waals surface area contributed by atoms with Gasteiger partial charge in [-0.2, -0.15) is 5.10 Å². The summed E-state index contributed by atoms with van der Waals surface area (Å²) in [6.45, 7) is 41.2. The highest BCUT2D eigenvalue weighted by atomic mass is 127. The minimum atomic E-state index is -0.330. The summed E-state index contributed by atoms with van der Waals surface area (Å²) in [4.78, 5) is 99.6. The summed E-state index contributed by atoms with van der Waals surface area (Å²) in [7, 11) is 0. The molecule has 6 amide bonds. The van der Waals surface area contributed by atoms with E-state index >= 15 is 0 Å². The molecule has 5 fully saturated rings. The van der Waals surface area contributed by atoms with E-state index in [0.29, 0.717) is 57.3 Å². The van der Waals surface area contributed by atoms with Crippen molar-refractivity contribution in [1.29, 1.82) is 0 Å². The Labute approximate surface area is 532 Å². The summed E-state index contributed by atoms with van der Waals surface area (Å²) < 4.78 is 12.3. The fourth-order valence-electron chi connectivity index (χ4n) is 11.8. The molecule has 0 unspecified atom stereocenters. The maximum absolute atomic E-state index is 12.2. The molecule has 6 aliphatic heterocycles. The first-order chi connectivity index (χ1) is 40.3. The number of halogens is 1. The Morgan fingerprint density at radius 2 is 1.00 bits per heavy atom. The van der Waals surface area contributed by atoms with Crippen molar-refractivity contribution in [3.05, 3.63) is 77.4 Å². The van der Waals surface area contributed by atoms with E-state index in [9.17, 15) is 28.8 Å². The zero-order chi connectivity index (χ0) is 64.8. The molecule has 4 bridgehead atoms. The normalized spacial score (nSPS) is 21.3. The lowest BCUT2D eigenvalue weighted by Crippen LogP contribution is -2.69. The molecule has 0 spiro atoms. The average Bonchev–Trinajstić information content (AvgIpc) is 1.70. The predicted octanol–water partition coefficient (Wildman–Crippen LogP) is 11.1. The number of carbonyl (C=O) groups is 6. The van der Waals surface area contributed by atoms with Gasteiger partial charge >= 0.3 is 0 Å². The third-order valence-electron chi connectivity index (χ3n) is 16.8. The number of piperidine rings is 1. The van der Waals surface area contributed by atoms with Crippen LogP contribution < -0.4 is 5.32 Å². The number of alkyl halides is 1. The number of nitrogens with zero attached hydrogens (tertiary/aromatic N) is 11. The van der Waals surface area contributed by atoms with Crippen LogP contribution in [-0.2, 0) is 81.0 Å². The van der Waals surface area contributed by atoms with E-state index in [1.165, 1.54) is 70.5 Å². The highest BCUT2D eigenvalue weighted by Gasteiger charge is 2.58. The summed E-state index contributed by atoms with van der Waals surface area (Å²) in [5, 5.41) is 7.35. The molecular weight excluding hydrogens is 1220 g/mol. The molecule has 4 aromatic rings. The van der Waals surface area contributed by atoms with E-state index in [-0.39, 0.29) is 67.6 Å². The van der Waals surface area contributed by atoms with Crippen LogP contribution in [0.15, 0.2) is 46.4 Å². The topological polar surface area (TPSA) is 226 Å². The van der Waals surface area contributed by atoms with Crippen LogP contribution in [0.1, 0.15) is 216 Å². The van der Waals surface area contributed by atoms with Crippen molar-refractivity contribution in [3.8, 4) is 0 Å². The summed E-state index contributed by atoms with van der Waals surface area (Å²) in [6.07, 6.45) is 18.7. The van der Waals surface area contributed by atoms with Crippen LogP contribution in [0, 0.1) is 38.4 Å². The Hall–Kier alpha value is -5.74. The van der Waals surface area contributed by atoms with Crippen LogP contribution >= 0.6 is 22.6 Å². The van der Waals surface area contributed by atoms with Crippen LogP contribution in [0.5, 0.6) is 0 Å². The van der Waals surface area contributed by atoms with E-state index in [1.807, 2.05) is 155 Å². The predicted molar refractivity (Wildman–Crippen MR) is 343 cm³/mol. The van der Waals surface area contributed by atoms with Gasteiger partial charge in [-0.25, -0.2) is 19.9 Å². The van der Waals surface area contributed by atoms with Crippen LogP contribution in [-0.4, -0.2) is 125 Å². The van der Waals surface area contributed by atoms with Crippen LogP contribution in [0.3, 0.4) is 0 Å². The lowest BCUT2D eigenvalue weighted by atomic mass is 9.50. The largest absolute Gasteiger partial charge is 0.448 e. The van der Waals surface area contributed by atoms with Gasteiger partial charge in [0.15, 0.2) is 12.8 Å². The van der Waals surface area contributed by atoms with E-state index in [1.54, 1.807) is 17.3 Å². The van der Waals surface area contributed by atoms with Gasteiger partial charge in [0.1, 0.15) is 29.2 Å². The fourth-order valence-corrected chi connectivity index (χ4v) is 11.8. The summed E-state index contributed by atoms with van der Waals surface area (Å²) in [5.41, 5.74) is 3.52. The molecule has 0 radical (unpaired) electrons. The van der Waals surface area contributed by atoms with Crippen molar-refractivity contribution >= 4 is 58.0 Å². The van der Waals surface area contributed by atoms with Gasteiger partial charge in [-0.1, -0.05) is 147 Å². The standard InChI is InChI=1S/C12H21NO.C11H15N3O.C11H17N3O.C11H16N2O2.C10H14N2O2.C10H17NO.CH3I/c1-12(2,3)11(14)13-9-5-4-6-10(13)8-7-9;1-11(2,3)10(15)14-5-8-4-12-7-13-9(8)6-14;1-11(2,3)10(15)13-6-7-14-9(8-13)4-5-12-14;1-11(2,3)10(14)13-5-4-9-8(6-13)12-7-15-9;1-10(2,3)9(13)12-4-7-8(5-12)14-6-11-7;1-9(2,3)8(12)11-10-4-7(5-10)6-10;1-2/h9-10H,4-8H2,1-3H3;4,7H,5-6H2,1-3H3;4-5H,6-8H2,1-3H3;7H,4-6H2,1-3H3;6H,4-5H2,1-3H3;7H,4-6H2,1-3H3,(H,11,12);1H3/t9-,10+;;;;;;. The SMILES string of the molecule is CC(C)(C)C(=O)N1CCc2ocnc2C1.CC(C)(C)C(=O)N1CCn2nccc2C1.CC(C)(C)C(=O)N1Cc2cncnc2C1.CC(C)(C)C(=O)N1Cc2ncoc2C1.CC(C)(C)C(=O)N1[C@@H]2CCC[C@H]1CC2.CC(C)(C)C(=O)NC12CC(C1)C2.CI. The Morgan fingerprint density at radius 3 is 1.48 bits per heavy atom. The van der Waals surface area contributed by atoms with Crippen molar-refractivity contribution in [2.75, 3.05) is 18.0 Å². The molecule has 13 rings (SSSR count). The molecule has 20 nitrogen and oxygen atoms in total. The third-order valence-corrected chi connectivity index (χ3v) is 16.8. The second-order valence-electron chi connectivity index (χ2n) is 30.8. The Bertz CT molecular complexity index is 2830. The second-order valence-corrected chi connectivity index (χ2v) is 30.8. The minimum Gasteiger partial charge on any atom is -0.448 e. The summed E-state index contributed by atoms with van der Waals surface area (Å²) in [6, 6.07) is 3.11. The monoisotopic (exact) mass is 1320 g/mol. The highest BCUT2D eigenvalue weighted by molar-refractivity contribution is 14.1. The van der Waals surface area contributed by atoms with Gasteiger partial charge in [0.05, 0.1) is 50.7 Å². The van der Waals surface area contributed by atoms with Crippen molar-refractivity contribution < 1.29 is 37.6 Å². The van der Waals surface area contributed by atoms with E-state index in [4.69, 9.17) is 8.83 Å². The van der Waals surface area contributed by atoms with Gasteiger partial charge in [0.25, 0.3) is 0 Å². The molecule has 4 aromatic heterocycles.